The van der Waals surface area contributed by atoms with E-state index in [0.29, 0.717) is 56.1 Å². The van der Waals surface area contributed by atoms with E-state index in [0.717, 1.165) is 0 Å². The van der Waals surface area contributed by atoms with Crippen LogP contribution in [0.25, 0.3) is 0 Å². The van der Waals surface area contributed by atoms with Crippen LogP contribution < -0.4 is 0 Å². The number of aliphatic hydroxyl groups excluding tert-OH is 2. The number of hydrogen-bond donors (Lipinski definition) is 2. The van der Waals surface area contributed by atoms with Crippen molar-refractivity contribution in [1.82, 2.24) is 9.80 Å². The highest BCUT2D eigenvalue weighted by Crippen LogP contribution is 2.24. The minimum atomic E-state index is -1.38. The number of benzene rings is 1. The zero-order chi connectivity index (χ0) is 28.4. The van der Waals surface area contributed by atoms with Crippen molar-refractivity contribution in [1.29, 1.82) is 0 Å². The summed E-state index contributed by atoms with van der Waals surface area (Å²) >= 11 is 0. The third-order valence-electron chi connectivity index (χ3n) is 6.29. The quantitative estimate of drug-likeness (QED) is 0.209. The first-order chi connectivity index (χ1) is 18.7. The average Bonchev–Trinajstić information content (AvgIpc) is 3.10. The number of amidine groups is 2. The first kappa shape index (κ1) is 29.4. The fourth-order valence-corrected chi connectivity index (χ4v) is 4.11. The normalized spacial score (nSPS) is 18.4. The Morgan fingerprint density at radius 2 is 1.79 bits per heavy atom. The van der Waals surface area contributed by atoms with Crippen molar-refractivity contribution in [2.75, 3.05) is 26.2 Å². The van der Waals surface area contributed by atoms with Crippen LogP contribution in [0.2, 0.25) is 0 Å². The summed E-state index contributed by atoms with van der Waals surface area (Å²) in [4.78, 5) is 25.5. The van der Waals surface area contributed by atoms with Gasteiger partial charge in [-0.2, -0.15) is 0 Å². The van der Waals surface area contributed by atoms with Crippen LogP contribution in [-0.2, 0) is 4.79 Å². The first-order valence-corrected chi connectivity index (χ1v) is 12.7. The van der Waals surface area contributed by atoms with Gasteiger partial charge in [0.25, 0.3) is 5.91 Å². The standard InChI is InChI=1S/C30H34F2N4O3/c1-4-6-10-24(9-5-2)34-29(27-25(32)11-7-8-12-26(27)37)33-21(3)35-17-19-36(20-18-35)30(39)28(38)22-13-15-23(31)16-14-22/h4-7,9,11-16,28,37-38H,2,8,10,17-20H2,1,3H3/b6-4-,24-9+,33-21?,34-29?. The SMILES string of the molecule is C=C/C=C(\C/C=C\C)N=C(N=C(C)N1CCN(C(=O)C(O)c2ccc(F)cc2)CC1)C1=C(F)C=CCC=C1O. The van der Waals surface area contributed by atoms with Gasteiger partial charge in [-0.15, -0.1) is 0 Å². The number of carbonyl (C=O) groups is 1. The van der Waals surface area contributed by atoms with Gasteiger partial charge >= 0.3 is 0 Å². The molecule has 1 amide bonds. The first-order valence-electron chi connectivity index (χ1n) is 12.7. The van der Waals surface area contributed by atoms with Crippen molar-refractivity contribution in [3.8, 4) is 0 Å². The summed E-state index contributed by atoms with van der Waals surface area (Å²) in [5.41, 5.74) is 0.806. The number of amides is 1. The Kier molecular flexibility index (Phi) is 10.7. The molecule has 1 atom stereocenters. The highest BCUT2D eigenvalue weighted by Gasteiger charge is 2.28. The number of carbonyl (C=O) groups excluding carboxylic acids is 1. The second kappa shape index (κ2) is 14.2. The van der Waals surface area contributed by atoms with E-state index >= 15 is 4.39 Å². The number of allylic oxidation sites excluding steroid dienone is 8. The molecule has 1 aliphatic carbocycles. The van der Waals surface area contributed by atoms with Gasteiger partial charge in [0.1, 0.15) is 23.2 Å². The second-order valence-electron chi connectivity index (χ2n) is 8.98. The molecule has 1 saturated heterocycles. The molecule has 7 nitrogen and oxygen atoms in total. The van der Waals surface area contributed by atoms with Crippen LogP contribution in [0.15, 0.2) is 106 Å². The van der Waals surface area contributed by atoms with Gasteiger partial charge in [0, 0.05) is 38.3 Å². The predicted molar refractivity (Wildman–Crippen MR) is 150 cm³/mol. The van der Waals surface area contributed by atoms with Crippen molar-refractivity contribution >= 4 is 17.6 Å². The smallest absolute Gasteiger partial charge is 0.256 e. The van der Waals surface area contributed by atoms with Crippen LogP contribution in [0.5, 0.6) is 0 Å². The number of rotatable bonds is 7. The van der Waals surface area contributed by atoms with Gasteiger partial charge in [-0.1, -0.05) is 43.0 Å². The van der Waals surface area contributed by atoms with Crippen molar-refractivity contribution in [3.63, 3.8) is 0 Å². The molecule has 0 aromatic heterocycles. The molecule has 0 radical (unpaired) electrons. The summed E-state index contributed by atoms with van der Waals surface area (Å²) < 4.78 is 28.3. The predicted octanol–water partition coefficient (Wildman–Crippen LogP) is 5.48. The number of nitrogens with zero attached hydrogens (tertiary/aromatic N) is 4. The van der Waals surface area contributed by atoms with Crippen LogP contribution in [0.1, 0.15) is 38.4 Å². The number of aliphatic hydroxyl groups is 2. The molecular formula is C30H34F2N4O3. The molecule has 1 heterocycles. The zero-order valence-electron chi connectivity index (χ0n) is 22.2. The highest BCUT2D eigenvalue weighted by atomic mass is 19.1. The molecule has 1 fully saturated rings. The van der Waals surface area contributed by atoms with Crippen molar-refractivity contribution in [2.24, 2.45) is 9.98 Å². The minimum Gasteiger partial charge on any atom is -0.507 e. The molecule has 2 N–H and O–H groups in total. The lowest BCUT2D eigenvalue weighted by Crippen LogP contribution is -2.51. The average molecular weight is 537 g/mol. The van der Waals surface area contributed by atoms with Crippen molar-refractivity contribution in [3.05, 3.63) is 108 Å². The molecule has 0 bridgehead atoms. The molecule has 0 saturated carbocycles. The molecule has 1 aliphatic heterocycles. The lowest BCUT2D eigenvalue weighted by atomic mass is 10.1. The van der Waals surface area contributed by atoms with E-state index in [1.54, 1.807) is 30.1 Å². The Morgan fingerprint density at radius 3 is 2.44 bits per heavy atom. The van der Waals surface area contributed by atoms with Gasteiger partial charge in [-0.05, 0) is 56.2 Å². The zero-order valence-corrected chi connectivity index (χ0v) is 22.2. The maximum absolute atomic E-state index is 15.1. The minimum absolute atomic E-state index is 0.0214. The molecule has 0 spiro atoms. The van der Waals surface area contributed by atoms with Crippen LogP contribution in [-0.4, -0.2) is 63.8 Å². The Bertz CT molecular complexity index is 1270. The van der Waals surface area contributed by atoms with Gasteiger partial charge in [0.05, 0.1) is 5.57 Å². The maximum Gasteiger partial charge on any atom is 0.256 e. The van der Waals surface area contributed by atoms with E-state index in [4.69, 9.17) is 0 Å². The second-order valence-corrected chi connectivity index (χ2v) is 8.98. The molecular weight excluding hydrogens is 502 g/mol. The Morgan fingerprint density at radius 1 is 1.13 bits per heavy atom. The topological polar surface area (TPSA) is 88.7 Å². The lowest BCUT2D eigenvalue weighted by molar-refractivity contribution is -0.141. The van der Waals surface area contributed by atoms with E-state index < -0.39 is 23.7 Å². The number of aliphatic imine (C=N–C) groups is 2. The van der Waals surface area contributed by atoms with E-state index in [9.17, 15) is 19.4 Å². The molecule has 2 aliphatic rings. The molecule has 1 unspecified atom stereocenters. The van der Waals surface area contributed by atoms with E-state index in [1.807, 2.05) is 24.0 Å². The number of piperazine rings is 1. The molecule has 1 aromatic rings. The Hall–Kier alpha value is -4.11. The third kappa shape index (κ3) is 7.94. The molecule has 9 heteroatoms. The molecule has 39 heavy (non-hydrogen) atoms. The summed E-state index contributed by atoms with van der Waals surface area (Å²) in [5, 5.41) is 21.1. The maximum atomic E-state index is 15.1. The van der Waals surface area contributed by atoms with Gasteiger partial charge in [-0.3, -0.25) is 4.79 Å². The summed E-state index contributed by atoms with van der Waals surface area (Å²) in [6.07, 6.45) is 10.9. The fraction of sp³-hybridized carbons (Fsp3) is 0.300. The number of hydrogen-bond acceptors (Lipinski definition) is 4. The summed E-state index contributed by atoms with van der Waals surface area (Å²) in [7, 11) is 0. The van der Waals surface area contributed by atoms with E-state index in [2.05, 4.69) is 16.6 Å². The molecule has 206 valence electrons. The summed E-state index contributed by atoms with van der Waals surface area (Å²) in [6.45, 7) is 8.85. The van der Waals surface area contributed by atoms with Crippen molar-refractivity contribution < 1.29 is 23.8 Å². The summed E-state index contributed by atoms with van der Waals surface area (Å²) in [5.74, 6) is -1.25. The van der Waals surface area contributed by atoms with Crippen LogP contribution in [0.4, 0.5) is 8.78 Å². The monoisotopic (exact) mass is 536 g/mol. The Balaban J connectivity index is 1.83. The highest BCUT2D eigenvalue weighted by molar-refractivity contribution is 6.09. The fourth-order valence-electron chi connectivity index (χ4n) is 4.11. The van der Waals surface area contributed by atoms with Crippen molar-refractivity contribution in [2.45, 2.75) is 32.8 Å². The van der Waals surface area contributed by atoms with E-state index in [1.165, 1.54) is 36.4 Å². The van der Waals surface area contributed by atoms with Crippen LogP contribution in [0.3, 0.4) is 0 Å². The van der Waals surface area contributed by atoms with Gasteiger partial charge < -0.3 is 20.0 Å². The largest absolute Gasteiger partial charge is 0.507 e. The van der Waals surface area contributed by atoms with Crippen LogP contribution >= 0.6 is 0 Å². The molecule has 3 rings (SSSR count). The van der Waals surface area contributed by atoms with Crippen LogP contribution in [0, 0.1) is 5.82 Å². The Labute approximate surface area is 227 Å². The van der Waals surface area contributed by atoms with Gasteiger partial charge in [0.2, 0.25) is 0 Å². The number of halogens is 2. The van der Waals surface area contributed by atoms with E-state index in [-0.39, 0.29) is 17.2 Å². The van der Waals surface area contributed by atoms with Gasteiger partial charge in [-0.25, -0.2) is 18.8 Å². The third-order valence-corrected chi connectivity index (χ3v) is 6.29. The molecule has 1 aromatic carbocycles. The lowest BCUT2D eigenvalue weighted by Gasteiger charge is -2.36. The summed E-state index contributed by atoms with van der Waals surface area (Å²) in [6, 6.07) is 5.17. The van der Waals surface area contributed by atoms with Gasteiger partial charge in [0.15, 0.2) is 11.9 Å².